The van der Waals surface area contributed by atoms with Gasteiger partial charge in [0.25, 0.3) is 0 Å². The quantitative estimate of drug-likeness (QED) is 0.731. The molecule has 0 spiro atoms. The molecule has 1 aromatic rings. The van der Waals surface area contributed by atoms with E-state index in [0.29, 0.717) is 6.54 Å². The van der Waals surface area contributed by atoms with E-state index in [4.69, 9.17) is 9.47 Å². The van der Waals surface area contributed by atoms with E-state index in [2.05, 4.69) is 24.0 Å². The molecule has 0 aromatic heterocycles. The Morgan fingerprint density at radius 3 is 2.38 bits per heavy atom. The molecule has 2 rings (SSSR count). The van der Waals surface area contributed by atoms with Gasteiger partial charge in [0.2, 0.25) is 0 Å². The van der Waals surface area contributed by atoms with Crippen molar-refractivity contribution in [2.24, 2.45) is 0 Å². The zero-order valence-corrected chi connectivity index (χ0v) is 14.6. The molecule has 1 heterocycles. The van der Waals surface area contributed by atoms with Crippen LogP contribution in [-0.4, -0.2) is 67.7 Å². The lowest BCUT2D eigenvalue weighted by atomic mass is 10.0. The first-order valence-corrected chi connectivity index (χ1v) is 8.19. The van der Waals surface area contributed by atoms with E-state index in [0.717, 1.165) is 13.1 Å². The van der Waals surface area contributed by atoms with Crippen molar-refractivity contribution < 1.29 is 19.1 Å². The monoisotopic (exact) mass is 334 g/mol. The number of ether oxygens (including phenoxy) is 2. The Labute approximate surface area is 143 Å². The molecule has 6 nitrogen and oxygen atoms in total. The average molecular weight is 334 g/mol. The number of benzene rings is 1. The molecule has 1 unspecified atom stereocenters. The van der Waals surface area contributed by atoms with Crippen molar-refractivity contribution in [2.75, 3.05) is 33.9 Å². The van der Waals surface area contributed by atoms with Crippen LogP contribution in [0.15, 0.2) is 30.3 Å². The van der Waals surface area contributed by atoms with Gasteiger partial charge in [0, 0.05) is 31.7 Å². The van der Waals surface area contributed by atoms with Crippen LogP contribution in [-0.2, 0) is 25.6 Å². The van der Waals surface area contributed by atoms with Crippen molar-refractivity contribution in [3.63, 3.8) is 0 Å². The van der Waals surface area contributed by atoms with Crippen LogP contribution in [0.5, 0.6) is 0 Å². The summed E-state index contributed by atoms with van der Waals surface area (Å²) in [5.74, 6) is -0.545. The highest BCUT2D eigenvalue weighted by molar-refractivity contribution is 5.72. The number of piperazine rings is 1. The average Bonchev–Trinajstić information content (AvgIpc) is 2.58. The van der Waals surface area contributed by atoms with E-state index in [9.17, 15) is 9.59 Å². The lowest BCUT2D eigenvalue weighted by Gasteiger charge is -2.45. The highest BCUT2D eigenvalue weighted by Crippen LogP contribution is 2.20. The summed E-state index contributed by atoms with van der Waals surface area (Å²) >= 11 is 0. The molecule has 1 aromatic carbocycles. The fourth-order valence-electron chi connectivity index (χ4n) is 3.24. The number of carbonyl (C=O) groups excluding carboxylic acids is 2. The summed E-state index contributed by atoms with van der Waals surface area (Å²) in [5, 5.41) is 0. The van der Waals surface area contributed by atoms with Crippen LogP contribution in [0.4, 0.5) is 0 Å². The minimum atomic E-state index is -0.284. The summed E-state index contributed by atoms with van der Waals surface area (Å²) in [4.78, 5) is 27.8. The Bertz CT molecular complexity index is 549. The van der Waals surface area contributed by atoms with Crippen LogP contribution in [0, 0.1) is 0 Å². The summed E-state index contributed by atoms with van der Waals surface area (Å²) in [6.07, 6.45) is 0.267. The van der Waals surface area contributed by atoms with E-state index in [-0.39, 0.29) is 37.0 Å². The van der Waals surface area contributed by atoms with Gasteiger partial charge in [0.1, 0.15) is 0 Å². The molecule has 0 aliphatic carbocycles. The van der Waals surface area contributed by atoms with Gasteiger partial charge in [-0.25, -0.2) is 0 Å². The van der Waals surface area contributed by atoms with Gasteiger partial charge in [-0.15, -0.1) is 0 Å². The van der Waals surface area contributed by atoms with Gasteiger partial charge in [0.15, 0.2) is 0 Å². The highest BCUT2D eigenvalue weighted by atomic mass is 16.5. The second kappa shape index (κ2) is 8.80. The number of rotatable bonds is 6. The lowest BCUT2D eigenvalue weighted by Crippen LogP contribution is -2.59. The summed E-state index contributed by atoms with van der Waals surface area (Å²) in [5.41, 5.74) is 1.24. The molecule has 1 aliphatic rings. The van der Waals surface area contributed by atoms with E-state index in [1.807, 2.05) is 23.1 Å². The molecule has 24 heavy (non-hydrogen) atoms. The lowest BCUT2D eigenvalue weighted by molar-refractivity contribution is -0.148. The van der Waals surface area contributed by atoms with Crippen molar-refractivity contribution in [1.29, 1.82) is 0 Å². The third-order valence-corrected chi connectivity index (χ3v) is 4.44. The minimum absolute atomic E-state index is 0.0657. The fraction of sp³-hybridized carbons (Fsp3) is 0.556. The summed E-state index contributed by atoms with van der Waals surface area (Å²) < 4.78 is 9.61. The first-order valence-electron chi connectivity index (χ1n) is 8.19. The molecule has 2 atom stereocenters. The number of esters is 2. The SMILES string of the molecule is COC(=O)CC1CN(Cc2ccccc2)C[C@@H](C)N1CC(=O)OC. The molecule has 1 saturated heterocycles. The zero-order valence-electron chi connectivity index (χ0n) is 14.6. The van der Waals surface area contributed by atoms with E-state index >= 15 is 0 Å². The van der Waals surface area contributed by atoms with Crippen LogP contribution in [0.1, 0.15) is 18.9 Å². The predicted molar refractivity (Wildman–Crippen MR) is 90.3 cm³/mol. The Morgan fingerprint density at radius 1 is 1.08 bits per heavy atom. The molecule has 0 N–H and O–H groups in total. The molecule has 0 saturated carbocycles. The molecular formula is C18H26N2O4. The normalized spacial score (nSPS) is 22.1. The number of hydrogen-bond donors (Lipinski definition) is 0. The van der Waals surface area contributed by atoms with Crippen molar-refractivity contribution in [1.82, 2.24) is 9.80 Å². The van der Waals surface area contributed by atoms with Crippen LogP contribution < -0.4 is 0 Å². The molecule has 1 aliphatic heterocycles. The second-order valence-electron chi connectivity index (χ2n) is 6.21. The Balaban J connectivity index is 2.08. The molecule has 0 bridgehead atoms. The van der Waals surface area contributed by atoms with Crippen LogP contribution >= 0.6 is 0 Å². The number of nitrogens with zero attached hydrogens (tertiary/aromatic N) is 2. The van der Waals surface area contributed by atoms with Crippen molar-refractivity contribution in [3.8, 4) is 0 Å². The largest absolute Gasteiger partial charge is 0.469 e. The topological polar surface area (TPSA) is 59.1 Å². The Hall–Kier alpha value is -1.92. The van der Waals surface area contributed by atoms with Crippen molar-refractivity contribution >= 4 is 11.9 Å². The zero-order chi connectivity index (χ0) is 17.5. The molecule has 6 heteroatoms. The first kappa shape index (κ1) is 18.4. The fourth-order valence-corrected chi connectivity index (χ4v) is 3.24. The molecule has 1 fully saturated rings. The standard InChI is InChI=1S/C18H26N2O4/c1-14-10-19(11-15-7-5-4-6-8-15)12-16(9-17(21)23-2)20(14)13-18(22)24-3/h4-8,14,16H,9-13H2,1-3H3/t14-,16?/m1/s1. The molecule has 0 radical (unpaired) electrons. The van der Waals surface area contributed by atoms with Gasteiger partial charge in [0.05, 0.1) is 27.2 Å². The van der Waals surface area contributed by atoms with E-state index in [1.54, 1.807) is 0 Å². The maximum Gasteiger partial charge on any atom is 0.319 e. The van der Waals surface area contributed by atoms with E-state index < -0.39 is 0 Å². The number of hydrogen-bond acceptors (Lipinski definition) is 6. The van der Waals surface area contributed by atoms with Crippen LogP contribution in [0.2, 0.25) is 0 Å². The summed E-state index contributed by atoms with van der Waals surface area (Å²) in [6, 6.07) is 10.3. The second-order valence-corrected chi connectivity index (χ2v) is 6.21. The first-order chi connectivity index (χ1) is 11.5. The van der Waals surface area contributed by atoms with Crippen LogP contribution in [0.3, 0.4) is 0 Å². The molecular weight excluding hydrogens is 308 g/mol. The maximum absolute atomic E-state index is 11.8. The van der Waals surface area contributed by atoms with Gasteiger partial charge in [-0.3, -0.25) is 19.4 Å². The highest BCUT2D eigenvalue weighted by Gasteiger charge is 2.34. The van der Waals surface area contributed by atoms with Crippen LogP contribution in [0.25, 0.3) is 0 Å². The number of carbonyl (C=O) groups is 2. The van der Waals surface area contributed by atoms with Gasteiger partial charge >= 0.3 is 11.9 Å². The molecule has 0 amide bonds. The smallest absolute Gasteiger partial charge is 0.319 e. The minimum Gasteiger partial charge on any atom is -0.469 e. The summed E-state index contributed by atoms with van der Waals surface area (Å²) in [7, 11) is 2.77. The maximum atomic E-state index is 11.8. The van der Waals surface area contributed by atoms with Crippen molar-refractivity contribution in [3.05, 3.63) is 35.9 Å². The third-order valence-electron chi connectivity index (χ3n) is 4.44. The van der Waals surface area contributed by atoms with Gasteiger partial charge in [-0.1, -0.05) is 30.3 Å². The third kappa shape index (κ3) is 5.04. The van der Waals surface area contributed by atoms with Gasteiger partial charge < -0.3 is 9.47 Å². The predicted octanol–water partition coefficient (Wildman–Crippen LogP) is 1.30. The summed E-state index contributed by atoms with van der Waals surface area (Å²) in [6.45, 7) is 4.65. The van der Waals surface area contributed by atoms with Crippen molar-refractivity contribution in [2.45, 2.75) is 32.0 Å². The molecule has 132 valence electrons. The van der Waals surface area contributed by atoms with E-state index in [1.165, 1.54) is 19.8 Å². The van der Waals surface area contributed by atoms with Gasteiger partial charge in [-0.05, 0) is 12.5 Å². The van der Waals surface area contributed by atoms with Gasteiger partial charge in [-0.2, -0.15) is 0 Å². The number of methoxy groups -OCH3 is 2. The Kier molecular flexibility index (Phi) is 6.75. The Morgan fingerprint density at radius 2 is 1.75 bits per heavy atom.